The van der Waals surface area contributed by atoms with Gasteiger partial charge in [0, 0.05) is 25.6 Å². The maximum Gasteiger partial charge on any atom is 0.317 e. The lowest BCUT2D eigenvalue weighted by Gasteiger charge is -2.29. The lowest BCUT2D eigenvalue weighted by Crippen LogP contribution is -2.46. The largest absolute Gasteiger partial charge is 0.481 e. The Hall–Kier alpha value is -1.79. The van der Waals surface area contributed by atoms with Crippen molar-refractivity contribution in [2.45, 2.75) is 39.7 Å². The second-order valence-electron chi connectivity index (χ2n) is 5.81. The van der Waals surface area contributed by atoms with Crippen LogP contribution in [0.4, 0.5) is 4.79 Å². The standard InChI is InChI=1S/C13H23N3O4/c1-8(2)13(11(18)19)4-5-16(7-13)12(20)15-9(3)6-10(14)17/h8-9H,4-7H2,1-3H3,(H2,14,17)(H,15,20)(H,18,19). The third-order valence-corrected chi connectivity index (χ3v) is 4.00. The number of likely N-dealkylation sites (tertiary alicyclic amines) is 1. The number of urea groups is 1. The molecule has 3 amide bonds. The summed E-state index contributed by atoms with van der Waals surface area (Å²) in [6, 6.07) is -0.707. The number of nitrogens with zero attached hydrogens (tertiary/aromatic N) is 1. The molecule has 20 heavy (non-hydrogen) atoms. The lowest BCUT2D eigenvalue weighted by atomic mass is 9.76. The number of aliphatic carboxylic acids is 1. The van der Waals surface area contributed by atoms with Crippen molar-refractivity contribution in [1.82, 2.24) is 10.2 Å². The SMILES string of the molecule is CC(CC(N)=O)NC(=O)N1CCC(C(=O)O)(C(C)C)C1. The van der Waals surface area contributed by atoms with Gasteiger partial charge < -0.3 is 21.1 Å². The number of carboxylic acids is 1. The second kappa shape index (κ2) is 6.11. The number of rotatable bonds is 5. The topological polar surface area (TPSA) is 113 Å². The summed E-state index contributed by atoms with van der Waals surface area (Å²) in [5, 5.41) is 12.1. The lowest BCUT2D eigenvalue weighted by molar-refractivity contribution is -0.150. The smallest absolute Gasteiger partial charge is 0.317 e. The molecule has 1 aliphatic rings. The number of hydrogen-bond donors (Lipinski definition) is 3. The van der Waals surface area contributed by atoms with Crippen LogP contribution < -0.4 is 11.1 Å². The Bertz CT molecular complexity index is 410. The number of amides is 3. The summed E-state index contributed by atoms with van der Waals surface area (Å²) in [6.45, 7) is 5.98. The minimum atomic E-state index is -0.885. The molecule has 4 N–H and O–H groups in total. The predicted octanol–water partition coefficient (Wildman–Crippen LogP) is 0.393. The molecular weight excluding hydrogens is 262 g/mol. The van der Waals surface area contributed by atoms with Crippen LogP contribution in [0.1, 0.15) is 33.6 Å². The third-order valence-electron chi connectivity index (χ3n) is 4.00. The van der Waals surface area contributed by atoms with Gasteiger partial charge in [-0.3, -0.25) is 9.59 Å². The van der Waals surface area contributed by atoms with Crippen molar-refractivity contribution in [3.8, 4) is 0 Å². The molecule has 1 fully saturated rings. The van der Waals surface area contributed by atoms with Crippen molar-refractivity contribution in [1.29, 1.82) is 0 Å². The van der Waals surface area contributed by atoms with E-state index in [1.807, 2.05) is 13.8 Å². The van der Waals surface area contributed by atoms with Crippen LogP contribution in [-0.2, 0) is 9.59 Å². The number of primary amides is 1. The molecule has 114 valence electrons. The van der Waals surface area contributed by atoms with Crippen molar-refractivity contribution < 1.29 is 19.5 Å². The molecule has 0 saturated carbocycles. The highest BCUT2D eigenvalue weighted by Gasteiger charge is 2.48. The predicted molar refractivity (Wildman–Crippen MR) is 72.9 cm³/mol. The Morgan fingerprint density at radius 2 is 1.95 bits per heavy atom. The maximum absolute atomic E-state index is 12.0. The molecule has 0 bridgehead atoms. The average molecular weight is 285 g/mol. The van der Waals surface area contributed by atoms with E-state index in [2.05, 4.69) is 5.32 Å². The molecule has 0 spiro atoms. The van der Waals surface area contributed by atoms with E-state index in [0.29, 0.717) is 13.0 Å². The Balaban J connectivity index is 2.65. The van der Waals surface area contributed by atoms with Gasteiger partial charge in [-0.15, -0.1) is 0 Å². The first-order valence-electron chi connectivity index (χ1n) is 6.76. The van der Waals surface area contributed by atoms with Gasteiger partial charge in [0.15, 0.2) is 0 Å². The van der Waals surface area contributed by atoms with E-state index in [-0.39, 0.29) is 31.0 Å². The molecule has 1 rings (SSSR count). The molecule has 0 aromatic heterocycles. The Kier molecular flexibility index (Phi) is 4.97. The average Bonchev–Trinajstić information content (AvgIpc) is 2.73. The first-order chi connectivity index (χ1) is 9.19. The summed E-state index contributed by atoms with van der Waals surface area (Å²) in [5.74, 6) is -1.41. The summed E-state index contributed by atoms with van der Waals surface area (Å²) in [7, 11) is 0. The number of carboxylic acid groups (broad SMARTS) is 1. The van der Waals surface area contributed by atoms with Gasteiger partial charge in [-0.2, -0.15) is 0 Å². The van der Waals surface area contributed by atoms with Crippen molar-refractivity contribution >= 4 is 17.9 Å². The molecule has 2 unspecified atom stereocenters. The molecular formula is C13H23N3O4. The van der Waals surface area contributed by atoms with Crippen LogP contribution in [0.2, 0.25) is 0 Å². The number of carbonyl (C=O) groups excluding carboxylic acids is 2. The van der Waals surface area contributed by atoms with E-state index in [1.165, 1.54) is 4.90 Å². The van der Waals surface area contributed by atoms with Crippen LogP contribution in [0.5, 0.6) is 0 Å². The summed E-state index contributed by atoms with van der Waals surface area (Å²) in [5.41, 5.74) is 4.18. The molecule has 1 aliphatic heterocycles. The minimum absolute atomic E-state index is 0.0548. The molecule has 0 radical (unpaired) electrons. The van der Waals surface area contributed by atoms with Gasteiger partial charge >= 0.3 is 12.0 Å². The Morgan fingerprint density at radius 1 is 1.35 bits per heavy atom. The minimum Gasteiger partial charge on any atom is -0.481 e. The van der Waals surface area contributed by atoms with E-state index in [9.17, 15) is 19.5 Å². The molecule has 1 heterocycles. The van der Waals surface area contributed by atoms with Crippen molar-refractivity contribution in [2.24, 2.45) is 17.1 Å². The van der Waals surface area contributed by atoms with E-state index in [1.54, 1.807) is 6.92 Å². The second-order valence-corrected chi connectivity index (χ2v) is 5.81. The fourth-order valence-electron chi connectivity index (χ4n) is 2.55. The zero-order chi connectivity index (χ0) is 15.5. The van der Waals surface area contributed by atoms with Crippen LogP contribution in [0, 0.1) is 11.3 Å². The van der Waals surface area contributed by atoms with Gasteiger partial charge in [-0.05, 0) is 19.3 Å². The highest BCUT2D eigenvalue weighted by molar-refractivity contribution is 5.81. The van der Waals surface area contributed by atoms with E-state index in [4.69, 9.17) is 5.73 Å². The van der Waals surface area contributed by atoms with Crippen molar-refractivity contribution in [3.05, 3.63) is 0 Å². The van der Waals surface area contributed by atoms with E-state index in [0.717, 1.165) is 0 Å². The Labute approximate surface area is 118 Å². The van der Waals surface area contributed by atoms with E-state index < -0.39 is 17.3 Å². The fourth-order valence-corrected chi connectivity index (χ4v) is 2.55. The molecule has 1 saturated heterocycles. The van der Waals surface area contributed by atoms with Crippen LogP contribution >= 0.6 is 0 Å². The summed E-state index contributed by atoms with van der Waals surface area (Å²) < 4.78 is 0. The number of carbonyl (C=O) groups is 3. The normalized spacial score (nSPS) is 23.7. The molecule has 7 nitrogen and oxygen atoms in total. The van der Waals surface area contributed by atoms with E-state index >= 15 is 0 Å². The molecule has 7 heteroatoms. The van der Waals surface area contributed by atoms with Crippen LogP contribution in [0.3, 0.4) is 0 Å². The van der Waals surface area contributed by atoms with Gasteiger partial charge in [-0.25, -0.2) is 4.79 Å². The van der Waals surface area contributed by atoms with Gasteiger partial charge in [-0.1, -0.05) is 13.8 Å². The Morgan fingerprint density at radius 3 is 2.35 bits per heavy atom. The summed E-state index contributed by atoms with van der Waals surface area (Å²) in [4.78, 5) is 35.8. The summed E-state index contributed by atoms with van der Waals surface area (Å²) >= 11 is 0. The molecule has 0 aliphatic carbocycles. The fraction of sp³-hybridized carbons (Fsp3) is 0.769. The van der Waals surface area contributed by atoms with Crippen LogP contribution in [0.25, 0.3) is 0 Å². The first kappa shape index (κ1) is 16.3. The molecule has 0 aromatic carbocycles. The molecule has 0 aromatic rings. The first-order valence-corrected chi connectivity index (χ1v) is 6.76. The highest BCUT2D eigenvalue weighted by Crippen LogP contribution is 2.38. The third kappa shape index (κ3) is 3.40. The maximum atomic E-state index is 12.0. The van der Waals surface area contributed by atoms with Gasteiger partial charge in [0.1, 0.15) is 0 Å². The van der Waals surface area contributed by atoms with Crippen molar-refractivity contribution in [3.63, 3.8) is 0 Å². The monoisotopic (exact) mass is 285 g/mol. The van der Waals surface area contributed by atoms with Crippen molar-refractivity contribution in [2.75, 3.05) is 13.1 Å². The quantitative estimate of drug-likeness (QED) is 0.678. The zero-order valence-corrected chi connectivity index (χ0v) is 12.2. The number of nitrogens with two attached hydrogens (primary N) is 1. The number of hydrogen-bond acceptors (Lipinski definition) is 3. The summed E-state index contributed by atoms with van der Waals surface area (Å²) in [6.07, 6.45) is 0.505. The molecule has 2 atom stereocenters. The number of nitrogens with one attached hydrogen (secondary N) is 1. The highest BCUT2D eigenvalue weighted by atomic mass is 16.4. The van der Waals surface area contributed by atoms with Crippen LogP contribution in [-0.4, -0.2) is 47.0 Å². The zero-order valence-electron chi connectivity index (χ0n) is 12.2. The van der Waals surface area contributed by atoms with Gasteiger partial charge in [0.2, 0.25) is 5.91 Å². The van der Waals surface area contributed by atoms with Gasteiger partial charge in [0.25, 0.3) is 0 Å². The van der Waals surface area contributed by atoms with Crippen LogP contribution in [0.15, 0.2) is 0 Å². The van der Waals surface area contributed by atoms with Gasteiger partial charge in [0.05, 0.1) is 5.41 Å².